The van der Waals surface area contributed by atoms with Crippen molar-refractivity contribution < 1.29 is 9.52 Å². The number of hydrogen-bond acceptors (Lipinski definition) is 3. The van der Waals surface area contributed by atoms with Crippen molar-refractivity contribution in [2.45, 2.75) is 25.9 Å². The molecule has 1 aromatic carbocycles. The summed E-state index contributed by atoms with van der Waals surface area (Å²) in [7, 11) is 0. The molecule has 0 saturated heterocycles. The van der Waals surface area contributed by atoms with Gasteiger partial charge in [0.2, 0.25) is 0 Å². The number of aliphatic hydroxyl groups is 1. The molecule has 17 heavy (non-hydrogen) atoms. The number of aromatic nitrogens is 1. The average molecular weight is 252 g/mol. The highest BCUT2D eigenvalue weighted by Crippen LogP contribution is 2.19. The van der Waals surface area contributed by atoms with Crippen molar-refractivity contribution in [1.82, 2.24) is 4.98 Å². The lowest BCUT2D eigenvalue weighted by Crippen LogP contribution is -2.02. The fraction of sp³-hybridized carbons (Fsp3) is 0.308. The quantitative estimate of drug-likeness (QED) is 0.909. The summed E-state index contributed by atoms with van der Waals surface area (Å²) in [6.45, 7) is 1.72. The van der Waals surface area contributed by atoms with Crippen LogP contribution < -0.4 is 0 Å². The number of benzene rings is 1. The third-order valence-electron chi connectivity index (χ3n) is 2.40. The van der Waals surface area contributed by atoms with Crippen LogP contribution in [0.25, 0.3) is 0 Å². The summed E-state index contributed by atoms with van der Waals surface area (Å²) < 4.78 is 5.52. The predicted octanol–water partition coefficient (Wildman–Crippen LogP) is 2.84. The van der Waals surface area contributed by atoms with Crippen molar-refractivity contribution in [1.29, 1.82) is 0 Å². The van der Waals surface area contributed by atoms with Crippen molar-refractivity contribution in [3.05, 3.63) is 52.7 Å². The van der Waals surface area contributed by atoms with Crippen LogP contribution in [0.5, 0.6) is 0 Å². The average Bonchev–Trinajstić information content (AvgIpc) is 2.68. The molecule has 1 atom stereocenters. The maximum Gasteiger partial charge on any atom is 0.198 e. The molecule has 0 saturated carbocycles. The van der Waals surface area contributed by atoms with Crippen LogP contribution in [-0.4, -0.2) is 16.2 Å². The summed E-state index contributed by atoms with van der Waals surface area (Å²) in [5.74, 6) is 1.32. The Hall–Kier alpha value is -1.32. The van der Waals surface area contributed by atoms with Gasteiger partial charge in [0, 0.05) is 11.4 Å². The van der Waals surface area contributed by atoms with Gasteiger partial charge < -0.3 is 9.52 Å². The molecule has 1 aromatic heterocycles. The van der Waals surface area contributed by atoms with Crippen LogP contribution in [0.2, 0.25) is 5.02 Å². The molecule has 1 unspecified atom stereocenters. The molecule has 0 bridgehead atoms. The van der Waals surface area contributed by atoms with E-state index in [1.165, 1.54) is 0 Å². The van der Waals surface area contributed by atoms with Crippen LogP contribution >= 0.6 is 11.6 Å². The van der Waals surface area contributed by atoms with Crippen LogP contribution in [-0.2, 0) is 12.8 Å². The SMILES string of the molecule is CC(O)Cc1cnc(Cc2ccccc2Cl)o1. The first-order valence-corrected chi connectivity index (χ1v) is 5.88. The number of hydrogen-bond donors (Lipinski definition) is 1. The Kier molecular flexibility index (Phi) is 3.82. The largest absolute Gasteiger partial charge is 0.445 e. The van der Waals surface area contributed by atoms with Gasteiger partial charge in [-0.3, -0.25) is 0 Å². The molecule has 0 aliphatic heterocycles. The van der Waals surface area contributed by atoms with Gasteiger partial charge in [-0.05, 0) is 18.6 Å². The van der Waals surface area contributed by atoms with Crippen LogP contribution in [0.4, 0.5) is 0 Å². The van der Waals surface area contributed by atoms with Crippen molar-refractivity contribution in [3.63, 3.8) is 0 Å². The zero-order valence-corrected chi connectivity index (χ0v) is 10.3. The normalized spacial score (nSPS) is 12.6. The molecule has 1 heterocycles. The molecular weight excluding hydrogens is 238 g/mol. The Morgan fingerprint density at radius 3 is 2.88 bits per heavy atom. The van der Waals surface area contributed by atoms with E-state index in [4.69, 9.17) is 16.0 Å². The Bertz CT molecular complexity index is 494. The molecule has 1 N–H and O–H groups in total. The zero-order valence-electron chi connectivity index (χ0n) is 9.56. The van der Waals surface area contributed by atoms with Crippen LogP contribution in [0, 0.1) is 0 Å². The van der Waals surface area contributed by atoms with Gasteiger partial charge >= 0.3 is 0 Å². The van der Waals surface area contributed by atoms with Gasteiger partial charge in [0.1, 0.15) is 5.76 Å². The minimum absolute atomic E-state index is 0.420. The Morgan fingerprint density at radius 1 is 1.41 bits per heavy atom. The number of oxazole rings is 1. The highest BCUT2D eigenvalue weighted by molar-refractivity contribution is 6.31. The topological polar surface area (TPSA) is 46.3 Å². The molecule has 2 aromatic rings. The lowest BCUT2D eigenvalue weighted by Gasteiger charge is -2.01. The van der Waals surface area contributed by atoms with Gasteiger partial charge in [-0.1, -0.05) is 29.8 Å². The van der Waals surface area contributed by atoms with Gasteiger partial charge in [0.25, 0.3) is 0 Å². The first kappa shape index (κ1) is 12.1. The summed E-state index contributed by atoms with van der Waals surface area (Å²) in [4.78, 5) is 4.17. The number of nitrogens with zero attached hydrogens (tertiary/aromatic N) is 1. The lowest BCUT2D eigenvalue weighted by atomic mass is 10.1. The van der Waals surface area contributed by atoms with Crippen molar-refractivity contribution in [2.75, 3.05) is 0 Å². The van der Waals surface area contributed by atoms with Gasteiger partial charge in [-0.2, -0.15) is 0 Å². The minimum atomic E-state index is -0.420. The fourth-order valence-corrected chi connectivity index (χ4v) is 1.82. The van der Waals surface area contributed by atoms with Gasteiger partial charge in [-0.25, -0.2) is 4.98 Å². The maximum atomic E-state index is 9.24. The van der Waals surface area contributed by atoms with E-state index in [1.807, 2.05) is 24.3 Å². The molecular formula is C13H14ClNO2. The predicted molar refractivity (Wildman–Crippen MR) is 66.1 cm³/mol. The molecule has 0 aliphatic carbocycles. The van der Waals surface area contributed by atoms with E-state index in [9.17, 15) is 5.11 Å². The summed E-state index contributed by atoms with van der Waals surface area (Å²) >= 11 is 6.06. The molecule has 0 fully saturated rings. The summed E-state index contributed by atoms with van der Waals surface area (Å²) in [6.07, 6.45) is 2.28. The molecule has 0 amide bonds. The second-order valence-corrected chi connectivity index (χ2v) is 4.45. The van der Waals surface area contributed by atoms with E-state index in [1.54, 1.807) is 13.1 Å². The molecule has 0 spiro atoms. The number of rotatable bonds is 4. The van der Waals surface area contributed by atoms with Crippen molar-refractivity contribution >= 4 is 11.6 Å². The van der Waals surface area contributed by atoms with Gasteiger partial charge in [-0.15, -0.1) is 0 Å². The maximum absolute atomic E-state index is 9.24. The van der Waals surface area contributed by atoms with E-state index in [2.05, 4.69) is 4.98 Å². The summed E-state index contributed by atoms with van der Waals surface area (Å²) in [5.41, 5.74) is 0.986. The molecule has 2 rings (SSSR count). The zero-order chi connectivity index (χ0) is 12.3. The third kappa shape index (κ3) is 3.32. The smallest absolute Gasteiger partial charge is 0.198 e. The van der Waals surface area contributed by atoms with E-state index < -0.39 is 6.10 Å². The standard InChI is InChI=1S/C13H14ClNO2/c1-9(16)6-11-8-15-13(17-11)7-10-4-2-3-5-12(10)14/h2-5,8-9,16H,6-7H2,1H3. The molecule has 0 aliphatic rings. The molecule has 4 heteroatoms. The fourth-order valence-electron chi connectivity index (χ4n) is 1.62. The number of aliphatic hydroxyl groups excluding tert-OH is 1. The van der Waals surface area contributed by atoms with Crippen LogP contribution in [0.3, 0.4) is 0 Å². The highest BCUT2D eigenvalue weighted by Gasteiger charge is 2.08. The summed E-state index contributed by atoms with van der Waals surface area (Å²) in [5, 5.41) is 9.95. The Labute approximate surface area is 105 Å². The van der Waals surface area contributed by atoms with Crippen molar-refractivity contribution in [2.24, 2.45) is 0 Å². The van der Waals surface area contributed by atoms with E-state index in [-0.39, 0.29) is 0 Å². The van der Waals surface area contributed by atoms with E-state index in [0.29, 0.717) is 29.5 Å². The van der Waals surface area contributed by atoms with Crippen LogP contribution in [0.15, 0.2) is 34.9 Å². The van der Waals surface area contributed by atoms with E-state index >= 15 is 0 Å². The Balaban J connectivity index is 2.09. The highest BCUT2D eigenvalue weighted by atomic mass is 35.5. The second-order valence-electron chi connectivity index (χ2n) is 4.04. The Morgan fingerprint density at radius 2 is 2.18 bits per heavy atom. The molecule has 3 nitrogen and oxygen atoms in total. The molecule has 0 radical (unpaired) electrons. The lowest BCUT2D eigenvalue weighted by molar-refractivity contribution is 0.186. The number of halogens is 1. The minimum Gasteiger partial charge on any atom is -0.445 e. The van der Waals surface area contributed by atoms with Crippen LogP contribution in [0.1, 0.15) is 24.1 Å². The van der Waals surface area contributed by atoms with Gasteiger partial charge in [0.05, 0.1) is 18.7 Å². The molecule has 90 valence electrons. The van der Waals surface area contributed by atoms with E-state index in [0.717, 1.165) is 5.56 Å². The van der Waals surface area contributed by atoms with Crippen molar-refractivity contribution in [3.8, 4) is 0 Å². The first-order chi connectivity index (χ1) is 8.15. The monoisotopic (exact) mass is 251 g/mol. The second kappa shape index (κ2) is 5.34. The first-order valence-electron chi connectivity index (χ1n) is 5.50. The third-order valence-corrected chi connectivity index (χ3v) is 2.77. The summed E-state index contributed by atoms with van der Waals surface area (Å²) in [6, 6.07) is 7.61. The van der Waals surface area contributed by atoms with Gasteiger partial charge in [0.15, 0.2) is 5.89 Å².